The minimum Gasteiger partial charge on any atom is -0.438 e. The summed E-state index contributed by atoms with van der Waals surface area (Å²) in [6.45, 7) is 4.22. The van der Waals surface area contributed by atoms with Crippen molar-refractivity contribution in [3.05, 3.63) is 40.3 Å². The summed E-state index contributed by atoms with van der Waals surface area (Å²) in [6.07, 6.45) is -2.49. The minimum absolute atomic E-state index is 0.00614. The molecular formula is C19H21ClF4N4O2. The van der Waals surface area contributed by atoms with Crippen LogP contribution in [0.5, 0.6) is 11.6 Å². The largest absolute Gasteiger partial charge is 0.438 e. The van der Waals surface area contributed by atoms with Crippen LogP contribution in [0, 0.1) is 5.82 Å². The third kappa shape index (κ3) is 5.30. The van der Waals surface area contributed by atoms with E-state index in [1.165, 1.54) is 13.8 Å². The summed E-state index contributed by atoms with van der Waals surface area (Å²) in [5, 5.41) is 16.2. The van der Waals surface area contributed by atoms with Crippen molar-refractivity contribution < 1.29 is 27.4 Å². The highest BCUT2D eigenvalue weighted by Crippen LogP contribution is 2.40. The molecule has 0 bridgehead atoms. The van der Waals surface area contributed by atoms with Crippen LogP contribution in [0.25, 0.3) is 0 Å². The van der Waals surface area contributed by atoms with Crippen molar-refractivity contribution in [3.63, 3.8) is 0 Å². The third-order valence-corrected chi connectivity index (χ3v) is 4.87. The summed E-state index contributed by atoms with van der Waals surface area (Å²) in [5.74, 6) is -2.10. The number of hydrogen-bond acceptors (Lipinski definition) is 6. The van der Waals surface area contributed by atoms with Crippen LogP contribution in [0.2, 0.25) is 5.02 Å². The fraction of sp³-hybridized carbons (Fsp3) is 0.474. The molecule has 164 valence electrons. The van der Waals surface area contributed by atoms with Crippen LogP contribution in [-0.2, 0) is 11.8 Å². The van der Waals surface area contributed by atoms with E-state index in [1.807, 2.05) is 0 Å². The van der Waals surface area contributed by atoms with Gasteiger partial charge in [0.1, 0.15) is 17.1 Å². The third-order valence-electron chi connectivity index (χ3n) is 4.58. The number of anilines is 1. The predicted molar refractivity (Wildman–Crippen MR) is 103 cm³/mol. The van der Waals surface area contributed by atoms with E-state index in [1.54, 1.807) is 0 Å². The molecule has 3 rings (SSSR count). The summed E-state index contributed by atoms with van der Waals surface area (Å²) in [4.78, 5) is 7.62. The summed E-state index contributed by atoms with van der Waals surface area (Å²) in [6, 6.07) is 1.87. The fourth-order valence-electron chi connectivity index (χ4n) is 3.06. The van der Waals surface area contributed by atoms with Crippen molar-refractivity contribution in [2.24, 2.45) is 0 Å². The molecule has 1 aliphatic heterocycles. The van der Waals surface area contributed by atoms with Gasteiger partial charge in [0, 0.05) is 30.4 Å². The van der Waals surface area contributed by atoms with Crippen LogP contribution in [0.3, 0.4) is 0 Å². The number of hydrogen-bond donors (Lipinski definition) is 3. The maximum absolute atomic E-state index is 14.0. The molecule has 2 aromatic rings. The fourth-order valence-corrected chi connectivity index (χ4v) is 3.22. The maximum Gasteiger partial charge on any atom is 0.423 e. The second-order valence-electron chi connectivity index (χ2n) is 7.52. The van der Waals surface area contributed by atoms with Crippen molar-refractivity contribution in [2.75, 3.05) is 18.4 Å². The molecule has 0 amide bonds. The zero-order chi connectivity index (χ0) is 22.1. The second-order valence-corrected chi connectivity index (χ2v) is 7.93. The molecule has 1 aliphatic rings. The quantitative estimate of drug-likeness (QED) is 0.586. The van der Waals surface area contributed by atoms with Crippen molar-refractivity contribution in [3.8, 4) is 11.6 Å². The molecule has 0 radical (unpaired) electrons. The lowest BCUT2D eigenvalue weighted by atomic mass is 9.97. The zero-order valence-corrected chi connectivity index (χ0v) is 17.0. The minimum atomic E-state index is -4.81. The summed E-state index contributed by atoms with van der Waals surface area (Å²) < 4.78 is 59.8. The molecule has 30 heavy (non-hydrogen) atoms. The van der Waals surface area contributed by atoms with E-state index in [0.29, 0.717) is 12.7 Å². The first-order valence-corrected chi connectivity index (χ1v) is 9.64. The lowest BCUT2D eigenvalue weighted by Crippen LogP contribution is -2.38. The van der Waals surface area contributed by atoms with Crippen LogP contribution in [0.4, 0.5) is 23.5 Å². The molecule has 2 heterocycles. The van der Waals surface area contributed by atoms with Gasteiger partial charge < -0.3 is 20.5 Å². The number of ether oxygens (including phenoxy) is 1. The molecule has 1 fully saturated rings. The molecule has 11 heteroatoms. The van der Waals surface area contributed by atoms with Gasteiger partial charge in [0.2, 0.25) is 11.8 Å². The first kappa shape index (κ1) is 22.5. The Morgan fingerprint density at radius 1 is 1.27 bits per heavy atom. The molecule has 0 saturated carbocycles. The van der Waals surface area contributed by atoms with Gasteiger partial charge in [0.05, 0.1) is 10.6 Å². The van der Waals surface area contributed by atoms with Gasteiger partial charge in [-0.15, -0.1) is 0 Å². The van der Waals surface area contributed by atoms with Gasteiger partial charge in [0.15, 0.2) is 0 Å². The predicted octanol–water partition coefficient (Wildman–Crippen LogP) is 4.47. The standard InChI is InChI=1S/C19H21ClF4N4O2/c1-18(2,29)11-6-13(20)14(21)7-15(11)30-16-12(19(22,23)24)9-26-17(28-16)27-10-4-3-5-25-8-10/h6-7,9-10,25,29H,3-5,8H2,1-2H3,(H,26,27,28)/t10-/m0/s1. The van der Waals surface area contributed by atoms with Gasteiger partial charge >= 0.3 is 6.18 Å². The highest BCUT2D eigenvalue weighted by Gasteiger charge is 2.37. The van der Waals surface area contributed by atoms with E-state index in [-0.39, 0.29) is 28.3 Å². The highest BCUT2D eigenvalue weighted by molar-refractivity contribution is 6.30. The Morgan fingerprint density at radius 3 is 2.60 bits per heavy atom. The van der Waals surface area contributed by atoms with Crippen molar-refractivity contribution in [1.29, 1.82) is 0 Å². The molecule has 0 spiro atoms. The van der Waals surface area contributed by atoms with Gasteiger partial charge in [-0.2, -0.15) is 18.2 Å². The van der Waals surface area contributed by atoms with Crippen LogP contribution in [0.15, 0.2) is 18.3 Å². The number of aromatic nitrogens is 2. The van der Waals surface area contributed by atoms with E-state index in [0.717, 1.165) is 31.5 Å². The molecule has 1 aromatic heterocycles. The van der Waals surface area contributed by atoms with Crippen molar-refractivity contribution in [1.82, 2.24) is 15.3 Å². The summed E-state index contributed by atoms with van der Waals surface area (Å²) in [7, 11) is 0. The number of halogens is 5. The van der Waals surface area contributed by atoms with Crippen LogP contribution >= 0.6 is 11.6 Å². The summed E-state index contributed by atoms with van der Waals surface area (Å²) >= 11 is 5.77. The molecule has 0 unspecified atom stereocenters. The smallest absolute Gasteiger partial charge is 0.423 e. The van der Waals surface area contributed by atoms with Gasteiger partial charge in [-0.05, 0) is 39.3 Å². The Balaban J connectivity index is 2.01. The average molecular weight is 449 g/mol. The zero-order valence-electron chi connectivity index (χ0n) is 16.3. The maximum atomic E-state index is 14.0. The molecule has 1 aromatic carbocycles. The molecular weight excluding hydrogens is 428 g/mol. The number of alkyl halides is 3. The van der Waals surface area contributed by atoms with E-state index >= 15 is 0 Å². The number of benzene rings is 1. The molecule has 6 nitrogen and oxygen atoms in total. The number of nitrogens with one attached hydrogen (secondary N) is 2. The Hall–Kier alpha value is -2.17. The molecule has 0 aliphatic carbocycles. The van der Waals surface area contributed by atoms with Gasteiger partial charge in [-0.25, -0.2) is 9.37 Å². The second kappa shape index (κ2) is 8.52. The van der Waals surface area contributed by atoms with E-state index < -0.39 is 29.0 Å². The van der Waals surface area contributed by atoms with Crippen LogP contribution in [0.1, 0.15) is 37.8 Å². The number of piperidine rings is 1. The summed E-state index contributed by atoms with van der Waals surface area (Å²) in [5.41, 5.74) is -2.79. The van der Waals surface area contributed by atoms with E-state index in [4.69, 9.17) is 16.3 Å². The van der Waals surface area contributed by atoms with E-state index in [2.05, 4.69) is 20.6 Å². The van der Waals surface area contributed by atoms with Crippen molar-refractivity contribution >= 4 is 17.5 Å². The van der Waals surface area contributed by atoms with Gasteiger partial charge in [-0.3, -0.25) is 0 Å². The van der Waals surface area contributed by atoms with Crippen LogP contribution < -0.4 is 15.4 Å². The SMILES string of the molecule is CC(C)(O)c1cc(Cl)c(F)cc1Oc1nc(N[C@H]2CCCNC2)ncc1C(F)(F)F. The van der Waals surface area contributed by atoms with Gasteiger partial charge in [-0.1, -0.05) is 11.6 Å². The lowest BCUT2D eigenvalue weighted by molar-refractivity contribution is -0.139. The Morgan fingerprint density at radius 2 is 2.00 bits per heavy atom. The number of rotatable bonds is 5. The number of nitrogens with zero attached hydrogens (tertiary/aromatic N) is 2. The Kier molecular flexibility index (Phi) is 6.40. The van der Waals surface area contributed by atoms with Gasteiger partial charge in [0.25, 0.3) is 0 Å². The normalized spacial score (nSPS) is 17.7. The van der Waals surface area contributed by atoms with Crippen LogP contribution in [-0.4, -0.2) is 34.2 Å². The first-order chi connectivity index (χ1) is 13.9. The first-order valence-electron chi connectivity index (χ1n) is 9.26. The number of aliphatic hydroxyl groups is 1. The monoisotopic (exact) mass is 448 g/mol. The Labute approximate surface area is 175 Å². The topological polar surface area (TPSA) is 79.3 Å². The highest BCUT2D eigenvalue weighted by atomic mass is 35.5. The Bertz CT molecular complexity index is 913. The molecule has 1 atom stereocenters. The van der Waals surface area contributed by atoms with Crippen molar-refractivity contribution in [2.45, 2.75) is 44.5 Å². The molecule has 1 saturated heterocycles. The molecule has 3 N–H and O–H groups in total. The lowest BCUT2D eigenvalue weighted by Gasteiger charge is -2.25. The van der Waals surface area contributed by atoms with E-state index in [9.17, 15) is 22.7 Å². The average Bonchev–Trinajstić information content (AvgIpc) is 2.63.